The maximum atomic E-state index is 6.18. The minimum atomic E-state index is 0.359. The first-order chi connectivity index (χ1) is 9.60. The summed E-state index contributed by atoms with van der Waals surface area (Å²) in [5, 5.41) is 4.23. The molecule has 0 spiro atoms. The second-order valence-electron chi connectivity index (χ2n) is 4.45. The topological polar surface area (TPSA) is 34.2 Å². The zero-order chi connectivity index (χ0) is 14.5. The van der Waals surface area contributed by atoms with Gasteiger partial charge in [-0.05, 0) is 42.8 Å². The molecule has 2 rings (SSSR count). The summed E-state index contributed by atoms with van der Waals surface area (Å²) in [5.74, 6) is 0.906. The summed E-state index contributed by atoms with van der Waals surface area (Å²) in [4.78, 5) is 4.24. The second kappa shape index (κ2) is 6.93. The van der Waals surface area contributed by atoms with Gasteiger partial charge in [0.25, 0.3) is 0 Å². The predicted octanol–water partition coefficient (Wildman–Crippen LogP) is 4.60. The van der Waals surface area contributed by atoms with E-state index in [0.717, 1.165) is 24.2 Å². The number of aromatic nitrogens is 1. The fraction of sp³-hybridized carbons (Fsp3) is 0.267. The highest BCUT2D eigenvalue weighted by Gasteiger charge is 2.09. The van der Waals surface area contributed by atoms with E-state index in [9.17, 15) is 0 Å². The van der Waals surface area contributed by atoms with E-state index in [1.54, 1.807) is 6.20 Å². The average Bonchev–Trinajstić information content (AvgIpc) is 2.42. The van der Waals surface area contributed by atoms with E-state index in [1.165, 1.54) is 0 Å². The minimum Gasteiger partial charge on any atom is -0.436 e. The van der Waals surface area contributed by atoms with Gasteiger partial charge in [-0.2, -0.15) is 0 Å². The summed E-state index contributed by atoms with van der Waals surface area (Å²) in [6, 6.07) is 7.41. The molecule has 0 atom stereocenters. The lowest BCUT2D eigenvalue weighted by atomic mass is 10.2. The lowest BCUT2D eigenvalue weighted by Crippen LogP contribution is -2.11. The number of aryl methyl sites for hydroxylation is 1. The highest BCUT2D eigenvalue weighted by Crippen LogP contribution is 2.32. The van der Waals surface area contributed by atoms with Crippen molar-refractivity contribution in [2.45, 2.75) is 20.4 Å². The quantitative estimate of drug-likeness (QED) is 0.876. The van der Waals surface area contributed by atoms with Gasteiger partial charge < -0.3 is 10.1 Å². The fourth-order valence-corrected chi connectivity index (χ4v) is 2.20. The number of halogens is 2. The minimum absolute atomic E-state index is 0.359. The van der Waals surface area contributed by atoms with E-state index in [2.05, 4.69) is 10.3 Å². The number of pyridine rings is 1. The van der Waals surface area contributed by atoms with Crippen LogP contribution in [-0.2, 0) is 6.54 Å². The van der Waals surface area contributed by atoms with Gasteiger partial charge in [0.2, 0.25) is 5.88 Å². The van der Waals surface area contributed by atoms with E-state index < -0.39 is 0 Å². The van der Waals surface area contributed by atoms with Crippen molar-refractivity contribution in [3.8, 4) is 11.6 Å². The molecule has 0 amide bonds. The zero-order valence-electron chi connectivity index (χ0n) is 11.4. The molecule has 0 fully saturated rings. The molecule has 1 aromatic carbocycles. The standard InChI is InChI=1S/C15H16Cl2N2O/c1-3-18-8-11-7-13(17)15(19-9-11)20-14-5-4-10(2)6-12(14)16/h4-7,9,18H,3,8H2,1-2H3. The Morgan fingerprint density at radius 2 is 2.00 bits per heavy atom. The number of nitrogens with one attached hydrogen (secondary N) is 1. The maximum absolute atomic E-state index is 6.18. The molecule has 1 aromatic heterocycles. The van der Waals surface area contributed by atoms with Gasteiger partial charge in [-0.1, -0.05) is 36.2 Å². The van der Waals surface area contributed by atoms with Gasteiger partial charge >= 0.3 is 0 Å². The number of hydrogen-bond acceptors (Lipinski definition) is 3. The first-order valence-corrected chi connectivity index (χ1v) is 7.15. The lowest BCUT2D eigenvalue weighted by molar-refractivity contribution is 0.462. The van der Waals surface area contributed by atoms with Gasteiger partial charge in [0.05, 0.1) is 5.02 Å². The molecule has 5 heteroatoms. The summed E-state index contributed by atoms with van der Waals surface area (Å²) >= 11 is 12.3. The molecule has 3 nitrogen and oxygen atoms in total. The van der Waals surface area contributed by atoms with Gasteiger partial charge in [-0.3, -0.25) is 0 Å². The van der Waals surface area contributed by atoms with Crippen molar-refractivity contribution in [1.82, 2.24) is 10.3 Å². The third-order valence-corrected chi connectivity index (χ3v) is 3.30. The molecule has 0 saturated carbocycles. The normalized spacial score (nSPS) is 10.6. The van der Waals surface area contributed by atoms with Crippen LogP contribution in [0.4, 0.5) is 0 Å². The van der Waals surface area contributed by atoms with E-state index in [4.69, 9.17) is 27.9 Å². The van der Waals surface area contributed by atoms with Gasteiger partial charge in [0.15, 0.2) is 0 Å². The molecular formula is C15H16Cl2N2O. The van der Waals surface area contributed by atoms with E-state index in [0.29, 0.717) is 21.7 Å². The SMILES string of the molecule is CCNCc1cnc(Oc2ccc(C)cc2Cl)c(Cl)c1. The third kappa shape index (κ3) is 3.85. The Bertz CT molecular complexity index is 602. The monoisotopic (exact) mass is 310 g/mol. The summed E-state index contributed by atoms with van der Waals surface area (Å²) in [7, 11) is 0. The number of hydrogen-bond donors (Lipinski definition) is 1. The molecule has 0 unspecified atom stereocenters. The first-order valence-electron chi connectivity index (χ1n) is 6.39. The van der Waals surface area contributed by atoms with Crippen molar-refractivity contribution in [1.29, 1.82) is 0 Å². The molecule has 2 aromatic rings. The Morgan fingerprint density at radius 3 is 2.65 bits per heavy atom. The van der Waals surface area contributed by atoms with Crippen molar-refractivity contribution in [2.75, 3.05) is 6.54 Å². The summed E-state index contributed by atoms with van der Waals surface area (Å²) in [6.45, 7) is 5.64. The van der Waals surface area contributed by atoms with Gasteiger partial charge in [0.1, 0.15) is 10.8 Å². The van der Waals surface area contributed by atoms with Gasteiger partial charge in [0, 0.05) is 12.7 Å². The van der Waals surface area contributed by atoms with Crippen LogP contribution in [0.5, 0.6) is 11.6 Å². The Morgan fingerprint density at radius 1 is 1.20 bits per heavy atom. The Labute approximate surface area is 128 Å². The predicted molar refractivity (Wildman–Crippen MR) is 82.9 cm³/mol. The van der Waals surface area contributed by atoms with Crippen molar-refractivity contribution in [2.24, 2.45) is 0 Å². The van der Waals surface area contributed by atoms with E-state index >= 15 is 0 Å². The second-order valence-corrected chi connectivity index (χ2v) is 5.26. The number of benzene rings is 1. The molecule has 0 radical (unpaired) electrons. The molecule has 0 aliphatic heterocycles. The summed E-state index contributed by atoms with van der Waals surface area (Å²) in [5.41, 5.74) is 2.08. The van der Waals surface area contributed by atoms with Crippen LogP contribution in [0.1, 0.15) is 18.1 Å². The Kier molecular flexibility index (Phi) is 5.24. The van der Waals surface area contributed by atoms with Crippen molar-refractivity contribution < 1.29 is 4.74 Å². The van der Waals surface area contributed by atoms with Crippen LogP contribution in [0.2, 0.25) is 10.0 Å². The Balaban J connectivity index is 2.17. The summed E-state index contributed by atoms with van der Waals surface area (Å²) in [6.07, 6.45) is 1.74. The first kappa shape index (κ1) is 15.1. The smallest absolute Gasteiger partial charge is 0.238 e. The van der Waals surface area contributed by atoms with Crippen molar-refractivity contribution in [3.05, 3.63) is 51.6 Å². The Hall–Kier alpha value is -1.29. The number of rotatable bonds is 5. The van der Waals surface area contributed by atoms with Crippen LogP contribution in [0.3, 0.4) is 0 Å². The van der Waals surface area contributed by atoms with Crippen molar-refractivity contribution in [3.63, 3.8) is 0 Å². The van der Waals surface area contributed by atoms with Gasteiger partial charge in [-0.15, -0.1) is 0 Å². The molecule has 0 aliphatic carbocycles. The van der Waals surface area contributed by atoms with Crippen LogP contribution < -0.4 is 10.1 Å². The molecule has 1 heterocycles. The number of nitrogens with zero attached hydrogens (tertiary/aromatic N) is 1. The van der Waals surface area contributed by atoms with Crippen molar-refractivity contribution >= 4 is 23.2 Å². The molecule has 0 saturated heterocycles. The fourth-order valence-electron chi connectivity index (χ4n) is 1.70. The van der Waals surface area contributed by atoms with Crippen LogP contribution in [0.15, 0.2) is 30.5 Å². The molecule has 106 valence electrons. The maximum Gasteiger partial charge on any atom is 0.238 e. The molecule has 0 bridgehead atoms. The van der Waals surface area contributed by atoms with E-state index in [1.807, 2.05) is 38.1 Å². The average molecular weight is 311 g/mol. The molecule has 1 N–H and O–H groups in total. The van der Waals surface area contributed by atoms with Crippen LogP contribution in [0.25, 0.3) is 0 Å². The molecular weight excluding hydrogens is 295 g/mol. The highest BCUT2D eigenvalue weighted by atomic mass is 35.5. The molecule has 0 aliphatic rings. The number of ether oxygens (including phenoxy) is 1. The largest absolute Gasteiger partial charge is 0.436 e. The van der Waals surface area contributed by atoms with Crippen LogP contribution >= 0.6 is 23.2 Å². The van der Waals surface area contributed by atoms with E-state index in [-0.39, 0.29) is 0 Å². The zero-order valence-corrected chi connectivity index (χ0v) is 12.9. The van der Waals surface area contributed by atoms with Gasteiger partial charge in [-0.25, -0.2) is 4.98 Å². The highest BCUT2D eigenvalue weighted by molar-refractivity contribution is 6.32. The molecule has 20 heavy (non-hydrogen) atoms. The summed E-state index contributed by atoms with van der Waals surface area (Å²) < 4.78 is 5.66. The van der Waals surface area contributed by atoms with Crippen LogP contribution in [-0.4, -0.2) is 11.5 Å². The third-order valence-electron chi connectivity index (χ3n) is 2.74. The van der Waals surface area contributed by atoms with Crippen LogP contribution in [0, 0.1) is 6.92 Å². The lowest BCUT2D eigenvalue weighted by Gasteiger charge is -2.10.